The van der Waals surface area contributed by atoms with Crippen LogP contribution in [0, 0.1) is 11.2 Å². The number of anilines is 1. The highest BCUT2D eigenvalue weighted by Crippen LogP contribution is 2.38. The van der Waals surface area contributed by atoms with E-state index < -0.39 is 0 Å². The maximum atomic E-state index is 13.3. The van der Waals surface area contributed by atoms with E-state index in [1.54, 1.807) is 10.6 Å². The molecule has 23 heavy (non-hydrogen) atoms. The Kier molecular flexibility index (Phi) is 4.35. The van der Waals surface area contributed by atoms with E-state index in [0.29, 0.717) is 24.4 Å². The lowest BCUT2D eigenvalue weighted by atomic mass is 9.72. The van der Waals surface area contributed by atoms with Crippen LogP contribution in [0.3, 0.4) is 0 Å². The van der Waals surface area contributed by atoms with E-state index in [0.717, 1.165) is 31.2 Å². The molecule has 1 aliphatic rings. The number of hydrogen-bond acceptors (Lipinski definition) is 3. The second-order valence-electron chi connectivity index (χ2n) is 6.62. The summed E-state index contributed by atoms with van der Waals surface area (Å²) in [4.78, 5) is 16.8. The molecule has 1 fully saturated rings. The van der Waals surface area contributed by atoms with Crippen LogP contribution in [0.5, 0.6) is 0 Å². The Labute approximate surface area is 135 Å². The van der Waals surface area contributed by atoms with E-state index in [1.807, 2.05) is 7.05 Å². The molecule has 3 rings (SSSR count). The Bertz CT molecular complexity index is 719. The molecule has 0 aliphatic heterocycles. The number of aryl methyl sites for hydroxylation is 1. The van der Waals surface area contributed by atoms with Crippen molar-refractivity contribution in [3.63, 3.8) is 0 Å². The maximum absolute atomic E-state index is 13.3. The highest BCUT2D eigenvalue weighted by atomic mass is 19.1. The van der Waals surface area contributed by atoms with Crippen LogP contribution < -0.4 is 11.1 Å². The molecule has 1 aliphatic carbocycles. The first-order valence-corrected chi connectivity index (χ1v) is 8.15. The lowest BCUT2D eigenvalue weighted by Gasteiger charge is -2.35. The van der Waals surface area contributed by atoms with Gasteiger partial charge in [-0.3, -0.25) is 10.1 Å². The number of carbonyl (C=O) groups excluding carboxylic acids is 1. The maximum Gasteiger partial charge on any atom is 0.227 e. The minimum absolute atomic E-state index is 0.0729. The molecule has 0 atom stereocenters. The lowest BCUT2D eigenvalue weighted by Crippen LogP contribution is -2.36. The molecule has 1 aromatic carbocycles. The van der Waals surface area contributed by atoms with Crippen LogP contribution in [0.4, 0.5) is 10.3 Å². The predicted octanol–water partition coefficient (Wildman–Crippen LogP) is 2.95. The number of nitrogens with zero attached hydrogens (tertiary/aromatic N) is 2. The molecule has 1 heterocycles. The van der Waals surface area contributed by atoms with Crippen LogP contribution in [0.1, 0.15) is 38.5 Å². The SMILES string of the molecule is Cn1c(NC(=O)CC2(CN)CCCCC2)nc2cc(F)ccc21. The van der Waals surface area contributed by atoms with Crippen molar-refractivity contribution in [2.24, 2.45) is 18.2 Å². The summed E-state index contributed by atoms with van der Waals surface area (Å²) in [6.45, 7) is 0.536. The molecule has 2 aromatic rings. The van der Waals surface area contributed by atoms with Crippen molar-refractivity contribution >= 4 is 22.9 Å². The van der Waals surface area contributed by atoms with Gasteiger partial charge in [-0.25, -0.2) is 9.37 Å². The van der Waals surface area contributed by atoms with E-state index in [1.165, 1.54) is 18.6 Å². The van der Waals surface area contributed by atoms with E-state index in [2.05, 4.69) is 10.3 Å². The van der Waals surface area contributed by atoms with Gasteiger partial charge in [-0.1, -0.05) is 19.3 Å². The van der Waals surface area contributed by atoms with Gasteiger partial charge in [-0.05, 0) is 36.9 Å². The summed E-state index contributed by atoms with van der Waals surface area (Å²) >= 11 is 0. The Hall–Kier alpha value is -1.95. The van der Waals surface area contributed by atoms with Gasteiger partial charge in [0.25, 0.3) is 0 Å². The number of imidazole rings is 1. The van der Waals surface area contributed by atoms with Gasteiger partial charge in [0.05, 0.1) is 11.0 Å². The minimum atomic E-state index is -0.335. The normalized spacial score (nSPS) is 17.3. The first kappa shape index (κ1) is 15.9. The molecule has 124 valence electrons. The van der Waals surface area contributed by atoms with Crippen molar-refractivity contribution in [3.8, 4) is 0 Å². The zero-order chi connectivity index (χ0) is 16.4. The van der Waals surface area contributed by atoms with Crippen molar-refractivity contribution in [2.75, 3.05) is 11.9 Å². The van der Waals surface area contributed by atoms with Crippen LogP contribution in [0.15, 0.2) is 18.2 Å². The molecular weight excluding hydrogens is 295 g/mol. The summed E-state index contributed by atoms with van der Waals surface area (Å²) in [5.74, 6) is 0.0348. The summed E-state index contributed by atoms with van der Waals surface area (Å²) in [6.07, 6.45) is 5.92. The second kappa shape index (κ2) is 6.28. The molecule has 5 nitrogen and oxygen atoms in total. The lowest BCUT2D eigenvalue weighted by molar-refractivity contribution is -0.118. The molecule has 1 saturated carbocycles. The average molecular weight is 318 g/mol. The van der Waals surface area contributed by atoms with Gasteiger partial charge < -0.3 is 10.3 Å². The van der Waals surface area contributed by atoms with Crippen LogP contribution >= 0.6 is 0 Å². The van der Waals surface area contributed by atoms with Gasteiger partial charge in [-0.2, -0.15) is 0 Å². The zero-order valence-electron chi connectivity index (χ0n) is 13.4. The van der Waals surface area contributed by atoms with Gasteiger partial charge in [0, 0.05) is 19.5 Å². The van der Waals surface area contributed by atoms with Gasteiger partial charge in [-0.15, -0.1) is 0 Å². The Morgan fingerprint density at radius 2 is 2.13 bits per heavy atom. The smallest absolute Gasteiger partial charge is 0.227 e. The third kappa shape index (κ3) is 3.22. The van der Waals surface area contributed by atoms with Crippen LogP contribution in [0.2, 0.25) is 0 Å². The molecule has 6 heteroatoms. The van der Waals surface area contributed by atoms with Crippen molar-refractivity contribution < 1.29 is 9.18 Å². The largest absolute Gasteiger partial charge is 0.330 e. The van der Waals surface area contributed by atoms with Crippen LogP contribution in [0.25, 0.3) is 11.0 Å². The second-order valence-corrected chi connectivity index (χ2v) is 6.62. The summed E-state index contributed by atoms with van der Waals surface area (Å²) < 4.78 is 15.1. The highest BCUT2D eigenvalue weighted by molar-refractivity contribution is 5.91. The first-order valence-electron chi connectivity index (χ1n) is 8.15. The van der Waals surface area contributed by atoms with Crippen molar-refractivity contribution in [1.29, 1.82) is 0 Å². The van der Waals surface area contributed by atoms with E-state index in [-0.39, 0.29) is 17.1 Å². The van der Waals surface area contributed by atoms with Gasteiger partial charge in [0.1, 0.15) is 5.82 Å². The monoisotopic (exact) mass is 318 g/mol. The Morgan fingerprint density at radius 3 is 2.83 bits per heavy atom. The minimum Gasteiger partial charge on any atom is -0.330 e. The molecule has 1 aromatic heterocycles. The number of aromatic nitrogens is 2. The molecule has 0 bridgehead atoms. The fraction of sp³-hybridized carbons (Fsp3) is 0.529. The number of benzene rings is 1. The zero-order valence-corrected chi connectivity index (χ0v) is 13.4. The molecule has 1 amide bonds. The molecule has 0 saturated heterocycles. The fourth-order valence-electron chi connectivity index (χ4n) is 3.55. The topological polar surface area (TPSA) is 72.9 Å². The van der Waals surface area contributed by atoms with E-state index >= 15 is 0 Å². The van der Waals surface area contributed by atoms with Crippen molar-refractivity contribution in [1.82, 2.24) is 9.55 Å². The number of hydrogen-bond donors (Lipinski definition) is 2. The molecule has 0 unspecified atom stereocenters. The third-order valence-corrected chi connectivity index (χ3v) is 4.98. The van der Waals surface area contributed by atoms with Gasteiger partial charge in [0.15, 0.2) is 0 Å². The fourth-order valence-corrected chi connectivity index (χ4v) is 3.55. The van der Waals surface area contributed by atoms with Crippen molar-refractivity contribution in [2.45, 2.75) is 38.5 Å². The number of carbonyl (C=O) groups is 1. The molecule has 3 N–H and O–H groups in total. The summed E-state index contributed by atoms with van der Waals surface area (Å²) in [5, 5.41) is 2.86. The number of fused-ring (bicyclic) bond motifs is 1. The average Bonchev–Trinajstić information content (AvgIpc) is 2.83. The number of nitrogens with one attached hydrogen (secondary N) is 1. The summed E-state index contributed by atoms with van der Waals surface area (Å²) in [5.41, 5.74) is 7.18. The first-order chi connectivity index (χ1) is 11.0. The quantitative estimate of drug-likeness (QED) is 0.910. The number of nitrogens with two attached hydrogens (primary N) is 1. The van der Waals surface area contributed by atoms with Gasteiger partial charge >= 0.3 is 0 Å². The summed E-state index contributed by atoms with van der Waals surface area (Å²) in [7, 11) is 1.81. The van der Waals surface area contributed by atoms with Crippen molar-refractivity contribution in [3.05, 3.63) is 24.0 Å². The van der Waals surface area contributed by atoms with E-state index in [4.69, 9.17) is 5.73 Å². The Morgan fingerprint density at radius 1 is 1.39 bits per heavy atom. The van der Waals surface area contributed by atoms with E-state index in [9.17, 15) is 9.18 Å². The van der Waals surface area contributed by atoms with Crippen LogP contribution in [-0.2, 0) is 11.8 Å². The van der Waals surface area contributed by atoms with Crippen LogP contribution in [-0.4, -0.2) is 22.0 Å². The predicted molar refractivity (Wildman–Crippen MR) is 88.5 cm³/mol. The Balaban J connectivity index is 1.76. The van der Waals surface area contributed by atoms with Gasteiger partial charge in [0.2, 0.25) is 11.9 Å². The number of halogens is 1. The molecule has 0 radical (unpaired) electrons. The number of amides is 1. The third-order valence-electron chi connectivity index (χ3n) is 4.98. The highest BCUT2D eigenvalue weighted by Gasteiger charge is 2.33. The summed E-state index contributed by atoms with van der Waals surface area (Å²) in [6, 6.07) is 4.42. The molecule has 0 spiro atoms. The molecular formula is C17H23FN4O. The standard InChI is InChI=1S/C17H23FN4O/c1-22-14-6-5-12(18)9-13(14)20-16(22)21-15(23)10-17(11-19)7-3-2-4-8-17/h5-6,9H,2-4,7-8,10-11,19H2,1H3,(H,20,21,23). The number of rotatable bonds is 4.